The van der Waals surface area contributed by atoms with Crippen LogP contribution >= 0.6 is 0 Å². The summed E-state index contributed by atoms with van der Waals surface area (Å²) in [5.41, 5.74) is 1.96. The molecular formula is C28H22F3NO7. The molecule has 3 atom stereocenters. The molecule has 11 heteroatoms. The van der Waals surface area contributed by atoms with Gasteiger partial charge in [-0.2, -0.15) is 13.2 Å². The van der Waals surface area contributed by atoms with Crippen LogP contribution in [-0.2, 0) is 27.0 Å². The summed E-state index contributed by atoms with van der Waals surface area (Å²) < 4.78 is 38.6. The Bertz CT molecular complexity index is 1540. The number of primary amides is 1. The van der Waals surface area contributed by atoms with Crippen LogP contribution in [0.5, 0.6) is 5.75 Å². The molecule has 2 aromatic rings. The van der Waals surface area contributed by atoms with Crippen LogP contribution in [0, 0.1) is 11.8 Å². The van der Waals surface area contributed by atoms with Crippen molar-refractivity contribution >= 4 is 35.4 Å². The van der Waals surface area contributed by atoms with Gasteiger partial charge in [0.25, 0.3) is 5.91 Å². The second kappa shape index (κ2) is 8.84. The summed E-state index contributed by atoms with van der Waals surface area (Å²) in [4.78, 5) is 37.7. The van der Waals surface area contributed by atoms with Crippen molar-refractivity contribution in [1.82, 2.24) is 0 Å². The Hall–Kier alpha value is -4.38. The summed E-state index contributed by atoms with van der Waals surface area (Å²) in [7, 11) is 0. The third-order valence-electron chi connectivity index (χ3n) is 7.68. The van der Waals surface area contributed by atoms with Gasteiger partial charge in [-0.25, -0.2) is 0 Å². The van der Waals surface area contributed by atoms with E-state index in [4.69, 9.17) is 5.73 Å². The number of aromatic hydroxyl groups is 1. The predicted octanol–water partition coefficient (Wildman–Crippen LogP) is 3.61. The molecule has 0 radical (unpaired) electrons. The Balaban J connectivity index is 1.57. The average molecular weight is 541 g/mol. The van der Waals surface area contributed by atoms with Crippen molar-refractivity contribution in [2.24, 2.45) is 17.6 Å². The molecule has 5 rings (SSSR count). The number of amides is 1. The van der Waals surface area contributed by atoms with Crippen molar-refractivity contribution in [2.75, 3.05) is 0 Å². The molecule has 1 fully saturated rings. The molecule has 0 aromatic heterocycles. The van der Waals surface area contributed by atoms with Crippen LogP contribution in [-0.4, -0.2) is 43.5 Å². The Morgan fingerprint density at radius 2 is 1.67 bits per heavy atom. The smallest absolute Gasteiger partial charge is 0.416 e. The van der Waals surface area contributed by atoms with Crippen LogP contribution in [0.4, 0.5) is 13.2 Å². The molecule has 0 heterocycles. The molecule has 0 aliphatic heterocycles. The number of hydrogen-bond acceptors (Lipinski definition) is 7. The number of halogens is 3. The molecule has 1 saturated carbocycles. The van der Waals surface area contributed by atoms with Crippen molar-refractivity contribution in [3.8, 4) is 5.75 Å². The maximum atomic E-state index is 13.5. The van der Waals surface area contributed by atoms with Gasteiger partial charge in [-0.05, 0) is 53.6 Å². The minimum absolute atomic E-state index is 0.0133. The van der Waals surface area contributed by atoms with Gasteiger partial charge in [0.2, 0.25) is 5.78 Å². The second-order valence-corrected chi connectivity index (χ2v) is 9.89. The molecule has 8 nitrogen and oxygen atoms in total. The standard InChI is InChI=1S/C28H22F3NO7/c29-28(30,31)15-6-2-12(3-7-15)1-4-13-5-8-18(33)21-17(13)10-14-9-16-11-19(34)22(26(32)38)25(37)27(16,39)24(36)20(14)23(21)35/h1-8,14,16,33,35,37,39H,9-11H2,(H2,32,38)/b4-1+/t14-,16+,27+/m1/s1. The topological polar surface area (TPSA) is 158 Å². The zero-order chi connectivity index (χ0) is 28.4. The number of phenolic OH excluding ortho intramolecular Hbond substituents is 1. The summed E-state index contributed by atoms with van der Waals surface area (Å²) in [5, 5.41) is 43.6. The van der Waals surface area contributed by atoms with Gasteiger partial charge in [0.1, 0.15) is 22.8 Å². The van der Waals surface area contributed by atoms with E-state index in [2.05, 4.69) is 0 Å². The summed E-state index contributed by atoms with van der Waals surface area (Å²) >= 11 is 0. The van der Waals surface area contributed by atoms with Crippen molar-refractivity contribution in [1.29, 1.82) is 0 Å². The quantitative estimate of drug-likeness (QED) is 0.293. The van der Waals surface area contributed by atoms with Crippen molar-refractivity contribution in [3.63, 3.8) is 0 Å². The third-order valence-corrected chi connectivity index (χ3v) is 7.68. The zero-order valence-corrected chi connectivity index (χ0v) is 20.1. The van der Waals surface area contributed by atoms with Crippen LogP contribution in [0.2, 0.25) is 0 Å². The summed E-state index contributed by atoms with van der Waals surface area (Å²) in [5.74, 6) is -7.13. The number of benzene rings is 2. The number of Topliss-reactive ketones (excluding diaryl/α,β-unsaturated/α-hetero) is 2. The van der Waals surface area contributed by atoms with Gasteiger partial charge < -0.3 is 26.2 Å². The van der Waals surface area contributed by atoms with E-state index in [9.17, 15) is 48.0 Å². The molecule has 202 valence electrons. The lowest BCUT2D eigenvalue weighted by atomic mass is 9.59. The summed E-state index contributed by atoms with van der Waals surface area (Å²) in [6, 6.07) is 7.30. The molecule has 6 N–H and O–H groups in total. The van der Waals surface area contributed by atoms with Gasteiger partial charge in [0.15, 0.2) is 11.4 Å². The molecular weight excluding hydrogens is 519 g/mol. The first-order chi connectivity index (χ1) is 18.2. The molecule has 3 aliphatic rings. The first-order valence-corrected chi connectivity index (χ1v) is 11.9. The first kappa shape index (κ1) is 26.2. The third kappa shape index (κ3) is 4.00. The number of phenols is 1. The van der Waals surface area contributed by atoms with E-state index in [-0.39, 0.29) is 29.7 Å². The number of ketones is 2. The van der Waals surface area contributed by atoms with Gasteiger partial charge in [-0.3, -0.25) is 14.4 Å². The number of nitrogens with two attached hydrogens (primary N) is 1. The zero-order valence-electron chi connectivity index (χ0n) is 20.1. The lowest BCUT2D eigenvalue weighted by Crippen LogP contribution is -2.58. The van der Waals surface area contributed by atoms with E-state index in [1.807, 2.05) is 0 Å². The number of alkyl halides is 3. The van der Waals surface area contributed by atoms with Crippen molar-refractivity contribution < 1.29 is 48.0 Å². The highest BCUT2D eigenvalue weighted by molar-refractivity contribution is 6.22. The molecule has 3 aliphatic carbocycles. The lowest BCUT2D eigenvalue weighted by Gasteiger charge is -2.46. The number of carbonyl (C=O) groups is 3. The molecule has 39 heavy (non-hydrogen) atoms. The minimum Gasteiger partial charge on any atom is -0.508 e. The highest BCUT2D eigenvalue weighted by atomic mass is 19.4. The highest BCUT2D eigenvalue weighted by Crippen LogP contribution is 2.52. The van der Waals surface area contributed by atoms with Crippen LogP contribution < -0.4 is 5.73 Å². The number of carbonyl (C=O) groups excluding carboxylic acids is 3. The van der Waals surface area contributed by atoms with Crippen LogP contribution in [0.3, 0.4) is 0 Å². The highest BCUT2D eigenvalue weighted by Gasteiger charge is 2.60. The summed E-state index contributed by atoms with van der Waals surface area (Å²) in [6.45, 7) is 0. The molecule has 0 saturated heterocycles. The SMILES string of the molecule is NC(=O)C1=C(O)[C@@]2(O)C(=O)C3=C(O)c4c(O)ccc(/C=C/c5ccc(C(F)(F)F)cc5)c4C[C@H]3C[C@H]2CC1=O. The molecule has 0 bridgehead atoms. The van der Waals surface area contributed by atoms with Gasteiger partial charge in [-0.15, -0.1) is 0 Å². The second-order valence-electron chi connectivity index (χ2n) is 9.89. The maximum absolute atomic E-state index is 13.5. The molecule has 0 unspecified atom stereocenters. The molecule has 2 aromatic carbocycles. The lowest BCUT2D eigenvalue weighted by molar-refractivity contribution is -0.147. The number of aliphatic hydroxyl groups excluding tert-OH is 2. The number of rotatable bonds is 3. The van der Waals surface area contributed by atoms with Gasteiger partial charge in [0, 0.05) is 17.9 Å². The van der Waals surface area contributed by atoms with Gasteiger partial charge in [0.05, 0.1) is 11.1 Å². The van der Waals surface area contributed by atoms with Crippen LogP contribution in [0.15, 0.2) is 53.3 Å². The average Bonchev–Trinajstić information content (AvgIpc) is 2.85. The number of fused-ring (bicyclic) bond motifs is 3. The fourth-order valence-corrected chi connectivity index (χ4v) is 5.77. The Labute approximate surface area is 219 Å². The van der Waals surface area contributed by atoms with E-state index in [0.717, 1.165) is 12.1 Å². The monoisotopic (exact) mass is 541 g/mol. The van der Waals surface area contributed by atoms with Gasteiger partial charge in [-0.1, -0.05) is 30.4 Å². The molecule has 1 amide bonds. The van der Waals surface area contributed by atoms with E-state index in [1.165, 1.54) is 18.2 Å². The number of hydrogen-bond donors (Lipinski definition) is 5. The Kier molecular flexibility index (Phi) is 5.95. The Morgan fingerprint density at radius 3 is 2.28 bits per heavy atom. The van der Waals surface area contributed by atoms with E-state index >= 15 is 0 Å². The van der Waals surface area contributed by atoms with E-state index < -0.39 is 70.2 Å². The normalized spacial score (nSPS) is 25.0. The fraction of sp³-hybridized carbons (Fsp3) is 0.250. The largest absolute Gasteiger partial charge is 0.508 e. The van der Waals surface area contributed by atoms with Crippen molar-refractivity contribution in [2.45, 2.75) is 31.0 Å². The van der Waals surface area contributed by atoms with Crippen molar-refractivity contribution in [3.05, 3.63) is 81.1 Å². The Morgan fingerprint density at radius 1 is 1.00 bits per heavy atom. The minimum atomic E-state index is -4.47. The maximum Gasteiger partial charge on any atom is 0.416 e. The molecule has 0 spiro atoms. The fourth-order valence-electron chi connectivity index (χ4n) is 5.77. The van der Waals surface area contributed by atoms with E-state index in [1.54, 1.807) is 18.2 Å². The van der Waals surface area contributed by atoms with Crippen LogP contribution in [0.1, 0.15) is 40.7 Å². The van der Waals surface area contributed by atoms with E-state index in [0.29, 0.717) is 16.7 Å². The summed E-state index contributed by atoms with van der Waals surface area (Å²) in [6.07, 6.45) is -1.65. The first-order valence-electron chi connectivity index (χ1n) is 11.9. The predicted molar refractivity (Wildman–Crippen MR) is 132 cm³/mol. The number of aliphatic hydroxyl groups is 3. The van der Waals surface area contributed by atoms with Crippen LogP contribution in [0.25, 0.3) is 17.9 Å². The van der Waals surface area contributed by atoms with Gasteiger partial charge >= 0.3 is 6.18 Å².